The van der Waals surface area contributed by atoms with Crippen LogP contribution in [-0.4, -0.2) is 58.0 Å². The number of hydrogen-bond donors (Lipinski definition) is 1. The van der Waals surface area contributed by atoms with Gasteiger partial charge < -0.3 is 14.8 Å². The van der Waals surface area contributed by atoms with Gasteiger partial charge in [-0.15, -0.1) is 11.3 Å². The summed E-state index contributed by atoms with van der Waals surface area (Å²) in [4.78, 5) is 35.5. The molecule has 5 rings (SSSR count). The van der Waals surface area contributed by atoms with Crippen LogP contribution in [0.2, 0.25) is 0 Å². The number of thiophene rings is 1. The number of nitrogens with one attached hydrogen (secondary N) is 1. The smallest absolute Gasteiger partial charge is 0.326 e. The quantitative estimate of drug-likeness (QED) is 0.570. The lowest BCUT2D eigenvalue weighted by Gasteiger charge is -2.32. The Morgan fingerprint density at radius 1 is 1.06 bits per heavy atom. The highest BCUT2D eigenvalue weighted by molar-refractivity contribution is 7.12. The monoisotopic (exact) mass is 452 g/mol. The van der Waals surface area contributed by atoms with Crippen molar-refractivity contribution >= 4 is 28.3 Å². The minimum atomic E-state index is 0.00995. The van der Waals surface area contributed by atoms with Gasteiger partial charge in [-0.3, -0.25) is 9.36 Å². The van der Waals surface area contributed by atoms with Gasteiger partial charge in [0.25, 0.3) is 5.91 Å². The number of fused-ring (bicyclic) bond motifs is 2. The van der Waals surface area contributed by atoms with Gasteiger partial charge in [-0.25, -0.2) is 4.79 Å². The molecule has 7 heteroatoms. The molecular formula is C25H32N4O2S. The number of amides is 1. The van der Waals surface area contributed by atoms with Crippen molar-refractivity contribution in [1.29, 1.82) is 0 Å². The van der Waals surface area contributed by atoms with Crippen molar-refractivity contribution in [2.24, 2.45) is 0 Å². The SMILES string of the molecule is Cc1cc2c(s1)CCCN(CCCCN1CCC(n3c(=O)[nH]c4ccccc43)CC1)C2=O. The van der Waals surface area contributed by atoms with Crippen molar-refractivity contribution in [3.05, 3.63) is 56.1 Å². The molecule has 1 saturated heterocycles. The second kappa shape index (κ2) is 9.24. The molecule has 2 aliphatic heterocycles. The Morgan fingerprint density at radius 2 is 1.84 bits per heavy atom. The topological polar surface area (TPSA) is 61.3 Å². The molecule has 0 unspecified atom stereocenters. The van der Waals surface area contributed by atoms with E-state index in [1.54, 1.807) is 11.3 Å². The van der Waals surface area contributed by atoms with Crippen LogP contribution in [0, 0.1) is 6.92 Å². The standard InChI is InChI=1S/C25H32N4O2S/c1-18-17-20-23(32-18)9-6-14-28(24(20)30)13-5-4-12-27-15-10-19(11-16-27)29-22-8-3-2-7-21(22)26-25(29)31/h2-3,7-8,17,19H,4-6,9-16H2,1H3,(H,26,31). The number of carbonyl (C=O) groups is 1. The molecule has 170 valence electrons. The summed E-state index contributed by atoms with van der Waals surface area (Å²) in [5.74, 6) is 0.229. The van der Waals surface area contributed by atoms with Crippen LogP contribution in [0.15, 0.2) is 35.1 Å². The first-order valence-electron chi connectivity index (χ1n) is 11.9. The first-order valence-corrected chi connectivity index (χ1v) is 12.7. The van der Waals surface area contributed by atoms with E-state index in [-0.39, 0.29) is 17.6 Å². The van der Waals surface area contributed by atoms with Crippen LogP contribution in [0.1, 0.15) is 58.3 Å². The van der Waals surface area contributed by atoms with E-state index < -0.39 is 0 Å². The minimum absolute atomic E-state index is 0.00995. The van der Waals surface area contributed by atoms with Crippen molar-refractivity contribution in [1.82, 2.24) is 19.4 Å². The van der Waals surface area contributed by atoms with Crippen LogP contribution in [0.25, 0.3) is 11.0 Å². The second-order valence-electron chi connectivity index (χ2n) is 9.19. The highest BCUT2D eigenvalue weighted by atomic mass is 32.1. The first kappa shape index (κ1) is 21.5. The summed E-state index contributed by atoms with van der Waals surface area (Å²) in [5.41, 5.74) is 2.89. The van der Waals surface area contributed by atoms with Gasteiger partial charge in [-0.05, 0) is 70.2 Å². The number of likely N-dealkylation sites (tertiary alicyclic amines) is 1. The van der Waals surface area contributed by atoms with Crippen LogP contribution in [0.4, 0.5) is 0 Å². The van der Waals surface area contributed by atoms with E-state index in [0.717, 1.165) is 87.8 Å². The molecule has 0 atom stereocenters. The van der Waals surface area contributed by atoms with Gasteiger partial charge >= 0.3 is 5.69 Å². The molecule has 2 aliphatic rings. The van der Waals surface area contributed by atoms with E-state index in [9.17, 15) is 9.59 Å². The zero-order valence-electron chi connectivity index (χ0n) is 18.8. The Morgan fingerprint density at radius 3 is 2.69 bits per heavy atom. The number of nitrogens with zero attached hydrogens (tertiary/aromatic N) is 3. The van der Waals surface area contributed by atoms with Gasteiger partial charge in [-0.2, -0.15) is 0 Å². The number of aromatic amines is 1. The summed E-state index contributed by atoms with van der Waals surface area (Å²) in [6, 6.07) is 10.3. The molecule has 1 N–H and O–H groups in total. The lowest BCUT2D eigenvalue weighted by atomic mass is 10.0. The molecule has 0 saturated carbocycles. The molecule has 0 radical (unpaired) electrons. The number of unbranched alkanes of at least 4 members (excludes halogenated alkanes) is 1. The first-order chi connectivity index (χ1) is 15.6. The van der Waals surface area contributed by atoms with Gasteiger partial charge in [0.2, 0.25) is 0 Å². The largest absolute Gasteiger partial charge is 0.339 e. The Kier molecular flexibility index (Phi) is 6.20. The minimum Gasteiger partial charge on any atom is -0.339 e. The molecule has 0 spiro atoms. The molecule has 0 bridgehead atoms. The number of carbonyl (C=O) groups excluding carboxylic acids is 1. The third-order valence-electron chi connectivity index (χ3n) is 6.98. The number of benzene rings is 1. The van der Waals surface area contributed by atoms with Crippen LogP contribution < -0.4 is 5.69 Å². The highest BCUT2D eigenvalue weighted by Crippen LogP contribution is 2.28. The highest BCUT2D eigenvalue weighted by Gasteiger charge is 2.25. The maximum absolute atomic E-state index is 12.9. The molecule has 1 amide bonds. The van der Waals surface area contributed by atoms with E-state index in [0.29, 0.717) is 0 Å². The average molecular weight is 453 g/mol. The van der Waals surface area contributed by atoms with E-state index in [1.165, 1.54) is 9.75 Å². The van der Waals surface area contributed by atoms with Crippen molar-refractivity contribution < 1.29 is 4.79 Å². The van der Waals surface area contributed by atoms with Crippen LogP contribution in [-0.2, 0) is 6.42 Å². The van der Waals surface area contributed by atoms with Gasteiger partial charge in [0.1, 0.15) is 0 Å². The van der Waals surface area contributed by atoms with Gasteiger partial charge in [0.15, 0.2) is 0 Å². The predicted octanol–water partition coefficient (Wildman–Crippen LogP) is 4.21. The molecular weight excluding hydrogens is 420 g/mol. The Bertz CT molecular complexity index is 1150. The number of imidazole rings is 1. The summed E-state index contributed by atoms with van der Waals surface area (Å²) in [7, 11) is 0. The van der Waals surface area contributed by atoms with Gasteiger partial charge in [0.05, 0.1) is 16.6 Å². The summed E-state index contributed by atoms with van der Waals surface area (Å²) in [6.45, 7) is 6.95. The molecule has 3 aromatic rings. The Balaban J connectivity index is 1.09. The number of aryl methyl sites for hydroxylation is 2. The zero-order valence-corrected chi connectivity index (χ0v) is 19.6. The van der Waals surface area contributed by atoms with Crippen molar-refractivity contribution in [2.45, 2.75) is 51.5 Å². The van der Waals surface area contributed by atoms with E-state index in [4.69, 9.17) is 0 Å². The van der Waals surface area contributed by atoms with Crippen molar-refractivity contribution in [2.75, 3.05) is 32.7 Å². The van der Waals surface area contributed by atoms with E-state index >= 15 is 0 Å². The molecule has 0 aliphatic carbocycles. The maximum atomic E-state index is 12.9. The van der Waals surface area contributed by atoms with Crippen LogP contribution >= 0.6 is 11.3 Å². The summed E-state index contributed by atoms with van der Waals surface area (Å²) >= 11 is 1.78. The lowest BCUT2D eigenvalue weighted by Crippen LogP contribution is -2.38. The van der Waals surface area contributed by atoms with E-state index in [1.807, 2.05) is 28.8 Å². The van der Waals surface area contributed by atoms with Gasteiger partial charge in [-0.1, -0.05) is 12.1 Å². The molecule has 4 heterocycles. The molecule has 6 nitrogen and oxygen atoms in total. The fourth-order valence-electron chi connectivity index (χ4n) is 5.32. The van der Waals surface area contributed by atoms with Crippen molar-refractivity contribution in [3.63, 3.8) is 0 Å². The number of piperidine rings is 1. The molecule has 1 aromatic carbocycles. The Hall–Kier alpha value is -2.38. The number of hydrogen-bond acceptors (Lipinski definition) is 4. The summed E-state index contributed by atoms with van der Waals surface area (Å²) < 4.78 is 1.96. The Labute approximate surface area is 192 Å². The number of aromatic nitrogens is 2. The third-order valence-corrected chi connectivity index (χ3v) is 8.09. The third kappa shape index (κ3) is 4.28. The normalized spacial score (nSPS) is 18.3. The number of H-pyrrole nitrogens is 1. The molecule has 1 fully saturated rings. The maximum Gasteiger partial charge on any atom is 0.326 e. The number of rotatable bonds is 6. The average Bonchev–Trinajstić information content (AvgIpc) is 3.29. The summed E-state index contributed by atoms with van der Waals surface area (Å²) in [5, 5.41) is 0. The predicted molar refractivity (Wildman–Crippen MR) is 130 cm³/mol. The number of para-hydroxylation sites is 2. The summed E-state index contributed by atoms with van der Waals surface area (Å²) in [6.07, 6.45) is 6.27. The lowest BCUT2D eigenvalue weighted by molar-refractivity contribution is 0.0755. The molecule has 2 aromatic heterocycles. The van der Waals surface area contributed by atoms with Crippen LogP contribution in [0.5, 0.6) is 0 Å². The fourth-order valence-corrected chi connectivity index (χ4v) is 6.39. The van der Waals surface area contributed by atoms with Gasteiger partial charge in [0, 0.05) is 42.0 Å². The van der Waals surface area contributed by atoms with E-state index in [2.05, 4.69) is 27.8 Å². The van der Waals surface area contributed by atoms with Crippen molar-refractivity contribution in [3.8, 4) is 0 Å². The molecule has 32 heavy (non-hydrogen) atoms. The zero-order chi connectivity index (χ0) is 22.1. The fraction of sp³-hybridized carbons (Fsp3) is 0.520. The van der Waals surface area contributed by atoms with Crippen LogP contribution in [0.3, 0.4) is 0 Å². The second-order valence-corrected chi connectivity index (χ2v) is 10.5.